The van der Waals surface area contributed by atoms with E-state index in [0.717, 1.165) is 13.1 Å². The summed E-state index contributed by atoms with van der Waals surface area (Å²) in [5, 5.41) is 3.91. The van der Waals surface area contributed by atoms with Gasteiger partial charge in [-0.25, -0.2) is 0 Å². The molecule has 0 unspecified atom stereocenters. The Labute approximate surface area is 145 Å². The minimum Gasteiger partial charge on any atom is -0.309 e. The predicted octanol–water partition coefficient (Wildman–Crippen LogP) is 4.42. The predicted molar refractivity (Wildman–Crippen MR) is 99.8 cm³/mol. The topological polar surface area (TPSA) is 15.3 Å². The third kappa shape index (κ3) is 2.49. The second-order valence-electron chi connectivity index (χ2n) is 8.44. The van der Waals surface area contributed by atoms with E-state index >= 15 is 0 Å². The molecule has 0 aliphatic carbocycles. The Morgan fingerprint density at radius 1 is 0.875 bits per heavy atom. The average Bonchev–Trinajstić information content (AvgIpc) is 2.55. The van der Waals surface area contributed by atoms with Gasteiger partial charge >= 0.3 is 0 Å². The van der Waals surface area contributed by atoms with Gasteiger partial charge in [0, 0.05) is 36.0 Å². The van der Waals surface area contributed by atoms with Gasteiger partial charge in [-0.3, -0.25) is 4.90 Å². The van der Waals surface area contributed by atoms with Crippen molar-refractivity contribution in [2.75, 3.05) is 20.1 Å². The summed E-state index contributed by atoms with van der Waals surface area (Å²) in [5.41, 5.74) is 3.39. The smallest absolute Gasteiger partial charge is 0.0411 e. The zero-order valence-corrected chi connectivity index (χ0v) is 15.0. The van der Waals surface area contributed by atoms with Crippen LogP contribution in [0.3, 0.4) is 0 Å². The molecule has 2 bridgehead atoms. The lowest BCUT2D eigenvalue weighted by Crippen LogP contribution is -2.62. The number of nitrogens with zero attached hydrogens (tertiary/aromatic N) is 1. The first-order chi connectivity index (χ1) is 11.5. The summed E-state index contributed by atoms with van der Waals surface area (Å²) in [5.74, 6) is 0. The first-order valence-corrected chi connectivity index (χ1v) is 9.05. The van der Waals surface area contributed by atoms with Gasteiger partial charge in [0.2, 0.25) is 0 Å². The highest BCUT2D eigenvalue weighted by atomic mass is 15.2. The summed E-state index contributed by atoms with van der Waals surface area (Å²) in [6.07, 6.45) is 1.26. The van der Waals surface area contributed by atoms with Crippen LogP contribution in [0.5, 0.6) is 0 Å². The number of piperidine rings is 2. The number of rotatable bonds is 2. The van der Waals surface area contributed by atoms with Crippen LogP contribution in [0.1, 0.15) is 43.5 Å². The van der Waals surface area contributed by atoms with E-state index in [9.17, 15) is 0 Å². The summed E-state index contributed by atoms with van der Waals surface area (Å²) in [6.45, 7) is 7.11. The van der Waals surface area contributed by atoms with Crippen LogP contribution in [0.25, 0.3) is 0 Å². The molecule has 0 amide bonds. The van der Waals surface area contributed by atoms with E-state index in [2.05, 4.69) is 91.8 Å². The molecule has 0 spiro atoms. The molecule has 2 heterocycles. The van der Waals surface area contributed by atoms with Crippen LogP contribution in [0.4, 0.5) is 0 Å². The fraction of sp³-hybridized carbons (Fsp3) is 0.455. The van der Waals surface area contributed by atoms with Gasteiger partial charge in [-0.15, -0.1) is 0 Å². The quantitative estimate of drug-likeness (QED) is 0.881. The van der Waals surface area contributed by atoms with E-state index in [1.807, 2.05) is 0 Å². The van der Waals surface area contributed by atoms with Crippen molar-refractivity contribution < 1.29 is 0 Å². The third-order valence-electron chi connectivity index (χ3n) is 6.17. The van der Waals surface area contributed by atoms with Crippen LogP contribution >= 0.6 is 0 Å². The van der Waals surface area contributed by atoms with Gasteiger partial charge < -0.3 is 5.32 Å². The first kappa shape index (κ1) is 15.9. The van der Waals surface area contributed by atoms with E-state index < -0.39 is 0 Å². The Balaban J connectivity index is 1.69. The Morgan fingerprint density at radius 3 is 2.08 bits per heavy atom. The third-order valence-corrected chi connectivity index (χ3v) is 6.17. The zero-order chi connectivity index (χ0) is 16.8. The van der Waals surface area contributed by atoms with Crippen molar-refractivity contribution in [2.24, 2.45) is 10.8 Å². The Morgan fingerprint density at radius 2 is 1.46 bits per heavy atom. The highest BCUT2D eigenvalue weighted by molar-refractivity contribution is 5.28. The van der Waals surface area contributed by atoms with Gasteiger partial charge in [-0.05, 0) is 24.6 Å². The summed E-state index contributed by atoms with van der Waals surface area (Å²) < 4.78 is 0. The minimum absolute atomic E-state index is 0.258. The van der Waals surface area contributed by atoms with Crippen molar-refractivity contribution in [3.05, 3.63) is 71.8 Å². The molecule has 0 radical (unpaired) electrons. The lowest BCUT2D eigenvalue weighted by Gasteiger charge is -2.60. The maximum absolute atomic E-state index is 3.91. The molecule has 126 valence electrons. The van der Waals surface area contributed by atoms with Crippen LogP contribution in [0.15, 0.2) is 60.7 Å². The molecule has 2 heteroatoms. The van der Waals surface area contributed by atoms with Crippen molar-refractivity contribution in [1.82, 2.24) is 10.2 Å². The van der Waals surface area contributed by atoms with Gasteiger partial charge in [0.05, 0.1) is 0 Å². The molecular formula is C22H28N2. The summed E-state index contributed by atoms with van der Waals surface area (Å²) in [4.78, 5) is 2.59. The van der Waals surface area contributed by atoms with Crippen molar-refractivity contribution in [1.29, 1.82) is 0 Å². The number of nitrogens with one attached hydrogen (secondary N) is 1. The molecule has 2 aromatic rings. The molecule has 24 heavy (non-hydrogen) atoms. The number of benzene rings is 2. The van der Waals surface area contributed by atoms with Crippen molar-refractivity contribution in [3.8, 4) is 0 Å². The lowest BCUT2D eigenvalue weighted by molar-refractivity contribution is -0.0845. The summed E-state index contributed by atoms with van der Waals surface area (Å²) >= 11 is 0. The van der Waals surface area contributed by atoms with Crippen molar-refractivity contribution in [3.63, 3.8) is 0 Å². The fourth-order valence-electron chi connectivity index (χ4n) is 5.66. The van der Waals surface area contributed by atoms with E-state index in [-0.39, 0.29) is 10.8 Å². The Hall–Kier alpha value is -1.64. The molecule has 4 rings (SSSR count). The van der Waals surface area contributed by atoms with E-state index in [4.69, 9.17) is 0 Å². The molecule has 2 saturated heterocycles. The standard InChI is InChI=1S/C22H28N2/c1-21-14-22(2,19(23-15-21)17-10-6-4-7-11-17)16-24(3)20(21)18-12-8-5-9-13-18/h4-13,19-20,23H,14-16H2,1-3H3/t19-,20-,21+,22+/m0/s1. The van der Waals surface area contributed by atoms with Crippen LogP contribution < -0.4 is 5.32 Å². The van der Waals surface area contributed by atoms with Crippen LogP contribution in [0.2, 0.25) is 0 Å². The Bertz CT molecular complexity index is 696. The molecule has 4 atom stereocenters. The maximum atomic E-state index is 3.91. The number of likely N-dealkylation sites (tertiary alicyclic amines) is 1. The molecule has 2 aliphatic heterocycles. The molecule has 0 aromatic heterocycles. The molecule has 2 nitrogen and oxygen atoms in total. The van der Waals surface area contributed by atoms with Crippen LogP contribution in [-0.2, 0) is 0 Å². The van der Waals surface area contributed by atoms with E-state index in [1.54, 1.807) is 0 Å². The normalized spacial score (nSPS) is 36.5. The Kier molecular flexibility index (Phi) is 3.78. The molecule has 0 saturated carbocycles. The SMILES string of the molecule is CN1C[C@@]2(C)C[C@](C)(CN[C@H]2c2ccccc2)[C@@H]1c1ccccc1. The second-order valence-corrected chi connectivity index (χ2v) is 8.44. The highest BCUT2D eigenvalue weighted by Crippen LogP contribution is 2.57. The van der Waals surface area contributed by atoms with Crippen LogP contribution in [-0.4, -0.2) is 25.0 Å². The highest BCUT2D eigenvalue weighted by Gasteiger charge is 2.54. The molecule has 2 aromatic carbocycles. The van der Waals surface area contributed by atoms with Gasteiger partial charge in [0.1, 0.15) is 0 Å². The number of hydrogen-bond acceptors (Lipinski definition) is 2. The van der Waals surface area contributed by atoms with Crippen molar-refractivity contribution in [2.45, 2.75) is 32.4 Å². The molecule has 2 aliphatic rings. The van der Waals surface area contributed by atoms with E-state index in [1.165, 1.54) is 17.5 Å². The lowest BCUT2D eigenvalue weighted by atomic mass is 9.57. The first-order valence-electron chi connectivity index (χ1n) is 9.05. The molecule has 1 N–H and O–H groups in total. The van der Waals surface area contributed by atoms with Gasteiger partial charge in [0.25, 0.3) is 0 Å². The van der Waals surface area contributed by atoms with Crippen molar-refractivity contribution >= 4 is 0 Å². The minimum atomic E-state index is 0.258. The summed E-state index contributed by atoms with van der Waals surface area (Å²) in [6, 6.07) is 22.9. The number of fused-ring (bicyclic) bond motifs is 2. The zero-order valence-electron chi connectivity index (χ0n) is 15.0. The van der Waals surface area contributed by atoms with Gasteiger partial charge in [0.15, 0.2) is 0 Å². The number of hydrogen-bond donors (Lipinski definition) is 1. The monoisotopic (exact) mass is 320 g/mol. The molecular weight excluding hydrogens is 292 g/mol. The van der Waals surface area contributed by atoms with E-state index in [0.29, 0.717) is 12.1 Å². The summed E-state index contributed by atoms with van der Waals surface area (Å²) in [7, 11) is 2.31. The average molecular weight is 320 g/mol. The maximum Gasteiger partial charge on any atom is 0.0411 e. The van der Waals surface area contributed by atoms with Gasteiger partial charge in [-0.2, -0.15) is 0 Å². The van der Waals surface area contributed by atoms with Gasteiger partial charge in [-0.1, -0.05) is 74.5 Å². The fourth-order valence-corrected chi connectivity index (χ4v) is 5.66. The largest absolute Gasteiger partial charge is 0.309 e. The molecule has 2 fully saturated rings. The second kappa shape index (κ2) is 5.72. The van der Waals surface area contributed by atoms with Crippen LogP contribution in [0, 0.1) is 10.8 Å².